The van der Waals surface area contributed by atoms with Gasteiger partial charge in [-0.1, -0.05) is 24.3 Å². The van der Waals surface area contributed by atoms with Gasteiger partial charge in [-0.2, -0.15) is 0 Å². The summed E-state index contributed by atoms with van der Waals surface area (Å²) in [7, 11) is 0. The summed E-state index contributed by atoms with van der Waals surface area (Å²) in [5, 5.41) is 2.76. The fourth-order valence-corrected chi connectivity index (χ4v) is 2.74. The van der Waals surface area contributed by atoms with E-state index in [1.165, 1.54) is 0 Å². The van der Waals surface area contributed by atoms with Crippen molar-refractivity contribution in [1.29, 1.82) is 0 Å². The summed E-state index contributed by atoms with van der Waals surface area (Å²) in [6.45, 7) is 11.2. The largest absolute Gasteiger partial charge is 0.444 e. The lowest BCUT2D eigenvalue weighted by Crippen LogP contribution is -2.27. The standard InChI is InChI=1S/C22H27NO3/c1-14-9-7-8-10-17(14)13-20(24)18-11-16(3)19(12-15(18)2)23-21(25)26-22(4,5)6/h7-12H,13H2,1-6H3,(H,23,25). The average Bonchev–Trinajstić information content (AvgIpc) is 2.50. The van der Waals surface area contributed by atoms with Crippen molar-refractivity contribution in [3.05, 3.63) is 64.2 Å². The van der Waals surface area contributed by atoms with Gasteiger partial charge in [0, 0.05) is 17.7 Å². The first-order valence-electron chi connectivity index (χ1n) is 8.76. The lowest BCUT2D eigenvalue weighted by atomic mass is 9.95. The lowest BCUT2D eigenvalue weighted by Gasteiger charge is -2.20. The van der Waals surface area contributed by atoms with Crippen LogP contribution in [0.25, 0.3) is 0 Å². The van der Waals surface area contributed by atoms with Crippen LogP contribution in [-0.2, 0) is 11.2 Å². The normalized spacial score (nSPS) is 11.2. The number of carbonyl (C=O) groups excluding carboxylic acids is 2. The van der Waals surface area contributed by atoms with Crippen LogP contribution < -0.4 is 5.32 Å². The Morgan fingerprint density at radius 1 is 0.962 bits per heavy atom. The molecule has 0 bridgehead atoms. The molecule has 0 heterocycles. The van der Waals surface area contributed by atoms with Crippen molar-refractivity contribution >= 4 is 17.6 Å². The van der Waals surface area contributed by atoms with E-state index in [9.17, 15) is 9.59 Å². The van der Waals surface area contributed by atoms with Gasteiger partial charge in [0.05, 0.1) is 0 Å². The van der Waals surface area contributed by atoms with Crippen LogP contribution in [-0.4, -0.2) is 17.5 Å². The van der Waals surface area contributed by atoms with Gasteiger partial charge in [0.1, 0.15) is 5.60 Å². The van der Waals surface area contributed by atoms with Gasteiger partial charge >= 0.3 is 6.09 Å². The molecule has 4 nitrogen and oxygen atoms in total. The van der Waals surface area contributed by atoms with E-state index in [0.717, 1.165) is 22.3 Å². The molecule has 2 rings (SSSR count). The van der Waals surface area contributed by atoms with Gasteiger partial charge in [0.15, 0.2) is 5.78 Å². The first-order valence-corrected chi connectivity index (χ1v) is 8.76. The van der Waals surface area contributed by atoms with E-state index in [1.807, 2.05) is 77.9 Å². The van der Waals surface area contributed by atoms with Crippen LogP contribution in [0.4, 0.5) is 10.5 Å². The van der Waals surface area contributed by atoms with Gasteiger partial charge in [0.2, 0.25) is 0 Å². The van der Waals surface area contributed by atoms with Crippen molar-refractivity contribution in [1.82, 2.24) is 0 Å². The van der Waals surface area contributed by atoms with Crippen LogP contribution in [0, 0.1) is 20.8 Å². The highest BCUT2D eigenvalue weighted by atomic mass is 16.6. The molecular weight excluding hydrogens is 326 g/mol. The van der Waals surface area contributed by atoms with Gasteiger partial charge in [-0.25, -0.2) is 4.79 Å². The fourth-order valence-electron chi connectivity index (χ4n) is 2.74. The molecule has 1 N–H and O–H groups in total. The molecule has 0 fully saturated rings. The minimum Gasteiger partial charge on any atom is -0.444 e. The van der Waals surface area contributed by atoms with Crippen molar-refractivity contribution in [2.24, 2.45) is 0 Å². The zero-order chi connectivity index (χ0) is 19.5. The van der Waals surface area contributed by atoms with Gasteiger partial charge in [0.25, 0.3) is 0 Å². The van der Waals surface area contributed by atoms with Crippen LogP contribution >= 0.6 is 0 Å². The number of hydrogen-bond acceptors (Lipinski definition) is 3. The number of carbonyl (C=O) groups is 2. The van der Waals surface area contributed by atoms with Gasteiger partial charge in [-0.15, -0.1) is 0 Å². The van der Waals surface area contributed by atoms with E-state index in [1.54, 1.807) is 0 Å². The monoisotopic (exact) mass is 353 g/mol. The second kappa shape index (κ2) is 7.73. The summed E-state index contributed by atoms with van der Waals surface area (Å²) in [6, 6.07) is 11.6. The number of ether oxygens (including phenoxy) is 1. The predicted octanol–water partition coefficient (Wildman–Crippen LogP) is 5.38. The molecule has 4 heteroatoms. The van der Waals surface area contributed by atoms with Crippen molar-refractivity contribution < 1.29 is 14.3 Å². The second-order valence-corrected chi connectivity index (χ2v) is 7.64. The molecule has 0 unspecified atom stereocenters. The molecular formula is C22H27NO3. The van der Waals surface area contributed by atoms with Crippen molar-refractivity contribution in [2.45, 2.75) is 53.6 Å². The zero-order valence-corrected chi connectivity index (χ0v) is 16.4. The quantitative estimate of drug-likeness (QED) is 0.750. The Bertz CT molecular complexity index is 832. The minimum absolute atomic E-state index is 0.0729. The molecule has 0 saturated heterocycles. The predicted molar refractivity (Wildman–Crippen MR) is 105 cm³/mol. The summed E-state index contributed by atoms with van der Waals surface area (Å²) in [5.74, 6) is 0.0729. The number of amides is 1. The first kappa shape index (κ1) is 19.7. The Balaban J connectivity index is 2.19. The fraction of sp³-hybridized carbons (Fsp3) is 0.364. The number of nitrogens with one attached hydrogen (secondary N) is 1. The van der Waals surface area contributed by atoms with E-state index in [4.69, 9.17) is 4.74 Å². The SMILES string of the molecule is Cc1ccccc1CC(=O)c1cc(C)c(NC(=O)OC(C)(C)C)cc1C. The molecule has 0 aromatic heterocycles. The number of benzene rings is 2. The Kier molecular flexibility index (Phi) is 5.86. The number of ketones is 1. The van der Waals surface area contributed by atoms with Crippen LogP contribution in [0.2, 0.25) is 0 Å². The zero-order valence-electron chi connectivity index (χ0n) is 16.4. The number of aryl methyl sites for hydroxylation is 3. The number of anilines is 1. The van der Waals surface area contributed by atoms with E-state index >= 15 is 0 Å². The van der Waals surface area contributed by atoms with Crippen LogP contribution in [0.1, 0.15) is 53.4 Å². The summed E-state index contributed by atoms with van der Waals surface area (Å²) >= 11 is 0. The summed E-state index contributed by atoms with van der Waals surface area (Å²) in [4.78, 5) is 24.7. The first-order chi connectivity index (χ1) is 12.1. The summed E-state index contributed by atoms with van der Waals surface area (Å²) < 4.78 is 5.29. The Morgan fingerprint density at radius 3 is 2.23 bits per heavy atom. The van der Waals surface area contributed by atoms with E-state index in [2.05, 4.69) is 5.32 Å². The van der Waals surface area contributed by atoms with Crippen molar-refractivity contribution in [3.8, 4) is 0 Å². The average molecular weight is 353 g/mol. The maximum Gasteiger partial charge on any atom is 0.412 e. The molecule has 0 aliphatic carbocycles. The van der Waals surface area contributed by atoms with E-state index in [-0.39, 0.29) is 5.78 Å². The van der Waals surface area contributed by atoms with Crippen LogP contribution in [0.15, 0.2) is 36.4 Å². The number of hydrogen-bond donors (Lipinski definition) is 1. The Labute approximate surface area is 155 Å². The Morgan fingerprint density at radius 2 is 1.62 bits per heavy atom. The number of Topliss-reactive ketones (excluding diaryl/α,β-unsaturated/α-hetero) is 1. The molecule has 0 aliphatic rings. The highest BCUT2D eigenvalue weighted by molar-refractivity contribution is 6.00. The molecule has 0 atom stereocenters. The van der Waals surface area contributed by atoms with Crippen LogP contribution in [0.5, 0.6) is 0 Å². The Hall–Kier alpha value is -2.62. The molecule has 26 heavy (non-hydrogen) atoms. The van der Waals surface area contributed by atoms with E-state index in [0.29, 0.717) is 17.7 Å². The molecule has 2 aromatic carbocycles. The van der Waals surface area contributed by atoms with Crippen molar-refractivity contribution in [3.63, 3.8) is 0 Å². The molecule has 2 aromatic rings. The maximum absolute atomic E-state index is 12.7. The lowest BCUT2D eigenvalue weighted by molar-refractivity contribution is 0.0635. The minimum atomic E-state index is -0.559. The molecule has 138 valence electrons. The summed E-state index contributed by atoms with van der Waals surface area (Å²) in [5.41, 5.74) is 4.58. The highest BCUT2D eigenvalue weighted by Crippen LogP contribution is 2.23. The third kappa shape index (κ3) is 5.19. The molecule has 0 spiro atoms. The molecule has 0 aliphatic heterocycles. The van der Waals surface area contributed by atoms with Crippen molar-refractivity contribution in [2.75, 3.05) is 5.32 Å². The molecule has 1 amide bonds. The maximum atomic E-state index is 12.7. The van der Waals surface area contributed by atoms with Gasteiger partial charge < -0.3 is 4.74 Å². The third-order valence-electron chi connectivity index (χ3n) is 4.12. The van der Waals surface area contributed by atoms with Gasteiger partial charge in [-0.05, 0) is 75.9 Å². The topological polar surface area (TPSA) is 55.4 Å². The smallest absolute Gasteiger partial charge is 0.412 e. The number of rotatable bonds is 4. The van der Waals surface area contributed by atoms with Gasteiger partial charge in [-0.3, -0.25) is 10.1 Å². The molecule has 0 saturated carbocycles. The summed E-state index contributed by atoms with van der Waals surface area (Å²) in [6.07, 6.45) is -0.134. The molecule has 0 radical (unpaired) electrons. The van der Waals surface area contributed by atoms with E-state index < -0.39 is 11.7 Å². The third-order valence-corrected chi connectivity index (χ3v) is 4.12. The highest BCUT2D eigenvalue weighted by Gasteiger charge is 2.18. The second-order valence-electron chi connectivity index (χ2n) is 7.64. The van der Waals surface area contributed by atoms with Crippen LogP contribution in [0.3, 0.4) is 0 Å².